The number of ether oxygens (including phenoxy) is 1. The molecule has 0 radical (unpaired) electrons. The van der Waals surface area contributed by atoms with E-state index in [1.54, 1.807) is 4.90 Å². The molecule has 1 atom stereocenters. The molecule has 3 heteroatoms. The Kier molecular flexibility index (Phi) is 3.41. The lowest BCUT2D eigenvalue weighted by molar-refractivity contribution is 0.166. The van der Waals surface area contributed by atoms with Crippen LogP contribution in [0.3, 0.4) is 0 Å². The van der Waals surface area contributed by atoms with Gasteiger partial charge in [-0.1, -0.05) is 57.2 Å². The Labute approximate surface area is 108 Å². The SMILES string of the molecule is CC(C)(C)C=CN1C(=O)OCC1c1ccccc1. The van der Waals surface area contributed by atoms with Crippen molar-refractivity contribution in [3.05, 3.63) is 48.2 Å². The van der Waals surface area contributed by atoms with E-state index < -0.39 is 0 Å². The van der Waals surface area contributed by atoms with Crippen LogP contribution < -0.4 is 0 Å². The van der Waals surface area contributed by atoms with E-state index in [4.69, 9.17) is 4.74 Å². The van der Waals surface area contributed by atoms with Crippen LogP contribution in [0.5, 0.6) is 0 Å². The molecule has 2 rings (SSSR count). The summed E-state index contributed by atoms with van der Waals surface area (Å²) >= 11 is 0. The van der Waals surface area contributed by atoms with Crippen molar-refractivity contribution < 1.29 is 9.53 Å². The molecule has 1 aromatic carbocycles. The summed E-state index contributed by atoms with van der Waals surface area (Å²) in [6, 6.07) is 9.94. The second kappa shape index (κ2) is 4.84. The Morgan fingerprint density at radius 3 is 2.56 bits per heavy atom. The fourth-order valence-corrected chi connectivity index (χ4v) is 1.83. The molecule has 18 heavy (non-hydrogen) atoms. The average Bonchev–Trinajstić information content (AvgIpc) is 2.68. The van der Waals surface area contributed by atoms with Crippen molar-refractivity contribution in [1.29, 1.82) is 0 Å². The summed E-state index contributed by atoms with van der Waals surface area (Å²) in [7, 11) is 0. The highest BCUT2D eigenvalue weighted by Crippen LogP contribution is 2.28. The molecule has 1 amide bonds. The number of carbonyl (C=O) groups is 1. The summed E-state index contributed by atoms with van der Waals surface area (Å²) in [5.74, 6) is 0. The molecule has 1 saturated heterocycles. The Balaban J connectivity index is 2.21. The molecule has 0 bridgehead atoms. The van der Waals surface area contributed by atoms with Crippen molar-refractivity contribution in [2.24, 2.45) is 5.41 Å². The number of cyclic esters (lactones) is 1. The van der Waals surface area contributed by atoms with Crippen LogP contribution in [0.25, 0.3) is 0 Å². The lowest BCUT2D eigenvalue weighted by Gasteiger charge is -2.19. The number of carbonyl (C=O) groups excluding carboxylic acids is 1. The van der Waals surface area contributed by atoms with E-state index >= 15 is 0 Å². The fraction of sp³-hybridized carbons (Fsp3) is 0.400. The highest BCUT2D eigenvalue weighted by Gasteiger charge is 2.32. The van der Waals surface area contributed by atoms with Gasteiger partial charge in [0.25, 0.3) is 0 Å². The maximum atomic E-state index is 11.7. The summed E-state index contributed by atoms with van der Waals surface area (Å²) in [6.07, 6.45) is 3.59. The Morgan fingerprint density at radius 2 is 1.94 bits per heavy atom. The first-order valence-electron chi connectivity index (χ1n) is 6.17. The lowest BCUT2D eigenvalue weighted by atomic mass is 9.97. The van der Waals surface area contributed by atoms with E-state index in [0.29, 0.717) is 6.61 Å². The van der Waals surface area contributed by atoms with Gasteiger partial charge in [0.15, 0.2) is 0 Å². The van der Waals surface area contributed by atoms with Gasteiger partial charge >= 0.3 is 6.09 Å². The van der Waals surface area contributed by atoms with E-state index in [1.807, 2.05) is 42.6 Å². The summed E-state index contributed by atoms with van der Waals surface area (Å²) in [5, 5.41) is 0. The van der Waals surface area contributed by atoms with E-state index in [9.17, 15) is 4.79 Å². The minimum Gasteiger partial charge on any atom is -0.447 e. The molecule has 0 saturated carbocycles. The minimum atomic E-state index is -0.274. The van der Waals surface area contributed by atoms with Crippen LogP contribution in [-0.4, -0.2) is 17.6 Å². The number of rotatable bonds is 2. The molecule has 0 spiro atoms. The number of nitrogens with zero attached hydrogens (tertiary/aromatic N) is 1. The van der Waals surface area contributed by atoms with Gasteiger partial charge in [0, 0.05) is 6.20 Å². The largest absolute Gasteiger partial charge is 0.447 e. The van der Waals surface area contributed by atoms with Crippen molar-refractivity contribution in [2.75, 3.05) is 6.61 Å². The van der Waals surface area contributed by atoms with Crippen LogP contribution in [0.2, 0.25) is 0 Å². The second-order valence-electron chi connectivity index (χ2n) is 5.59. The Hall–Kier alpha value is -1.77. The maximum absolute atomic E-state index is 11.7. The summed E-state index contributed by atoms with van der Waals surface area (Å²) < 4.78 is 5.13. The maximum Gasteiger partial charge on any atom is 0.414 e. The molecule has 0 N–H and O–H groups in total. The third-order valence-electron chi connectivity index (χ3n) is 2.83. The van der Waals surface area contributed by atoms with Crippen molar-refractivity contribution in [2.45, 2.75) is 26.8 Å². The first-order valence-corrected chi connectivity index (χ1v) is 6.17. The fourth-order valence-electron chi connectivity index (χ4n) is 1.83. The highest BCUT2D eigenvalue weighted by atomic mass is 16.6. The second-order valence-corrected chi connectivity index (χ2v) is 5.59. The van der Waals surface area contributed by atoms with Gasteiger partial charge in [0.05, 0.1) is 6.04 Å². The van der Waals surface area contributed by atoms with Crippen molar-refractivity contribution in [1.82, 2.24) is 4.90 Å². The molecule has 0 aromatic heterocycles. The predicted molar refractivity (Wildman–Crippen MR) is 71.0 cm³/mol. The molecule has 3 nitrogen and oxygen atoms in total. The average molecular weight is 245 g/mol. The van der Waals surface area contributed by atoms with Gasteiger partial charge in [-0.3, -0.25) is 4.90 Å². The molecule has 96 valence electrons. The lowest BCUT2D eigenvalue weighted by Crippen LogP contribution is -2.22. The van der Waals surface area contributed by atoms with Gasteiger partial charge in [0.2, 0.25) is 0 Å². The molecule has 1 heterocycles. The van der Waals surface area contributed by atoms with E-state index in [2.05, 4.69) is 20.8 Å². The van der Waals surface area contributed by atoms with Crippen molar-refractivity contribution in [3.8, 4) is 0 Å². The zero-order chi connectivity index (χ0) is 13.2. The van der Waals surface area contributed by atoms with Crippen LogP contribution in [-0.2, 0) is 4.74 Å². The molecule has 1 aromatic rings. The van der Waals surface area contributed by atoms with Gasteiger partial charge in [-0.15, -0.1) is 0 Å². The quantitative estimate of drug-likeness (QED) is 0.794. The number of allylic oxidation sites excluding steroid dienone is 1. The number of benzene rings is 1. The molecular weight excluding hydrogens is 226 g/mol. The van der Waals surface area contributed by atoms with E-state index in [0.717, 1.165) is 5.56 Å². The molecule has 0 aliphatic carbocycles. The summed E-state index contributed by atoms with van der Waals surface area (Å²) in [4.78, 5) is 13.4. The van der Waals surface area contributed by atoms with Gasteiger partial charge in [-0.2, -0.15) is 0 Å². The Bertz CT molecular complexity index is 445. The first kappa shape index (κ1) is 12.7. The number of hydrogen-bond acceptors (Lipinski definition) is 2. The molecular formula is C15H19NO2. The normalized spacial score (nSPS) is 20.5. The first-order chi connectivity index (χ1) is 8.47. The zero-order valence-corrected chi connectivity index (χ0v) is 11.1. The smallest absolute Gasteiger partial charge is 0.414 e. The summed E-state index contributed by atoms with van der Waals surface area (Å²) in [6.45, 7) is 6.71. The monoisotopic (exact) mass is 245 g/mol. The topological polar surface area (TPSA) is 29.5 Å². The van der Waals surface area contributed by atoms with Gasteiger partial charge in [0.1, 0.15) is 6.61 Å². The molecule has 1 aliphatic heterocycles. The van der Waals surface area contributed by atoms with Gasteiger partial charge in [-0.25, -0.2) is 4.79 Å². The van der Waals surface area contributed by atoms with Crippen LogP contribution in [0, 0.1) is 5.41 Å². The zero-order valence-electron chi connectivity index (χ0n) is 11.1. The summed E-state index contributed by atoms with van der Waals surface area (Å²) in [5.41, 5.74) is 1.14. The number of hydrogen-bond donors (Lipinski definition) is 0. The van der Waals surface area contributed by atoms with Crippen molar-refractivity contribution in [3.63, 3.8) is 0 Å². The van der Waals surface area contributed by atoms with Crippen LogP contribution in [0.4, 0.5) is 4.79 Å². The third kappa shape index (κ3) is 2.92. The Morgan fingerprint density at radius 1 is 1.28 bits per heavy atom. The van der Waals surface area contributed by atoms with Gasteiger partial charge < -0.3 is 4.74 Å². The third-order valence-corrected chi connectivity index (χ3v) is 2.83. The standard InChI is InChI=1S/C15H19NO2/c1-15(2,3)9-10-16-13(11-18-14(16)17)12-7-5-4-6-8-12/h4-10,13H,11H2,1-3H3. The molecule has 1 unspecified atom stereocenters. The predicted octanol–water partition coefficient (Wildman–Crippen LogP) is 3.74. The van der Waals surface area contributed by atoms with Crippen LogP contribution >= 0.6 is 0 Å². The minimum absolute atomic E-state index is 0.0164. The van der Waals surface area contributed by atoms with Crippen molar-refractivity contribution >= 4 is 6.09 Å². The number of amides is 1. The van der Waals surface area contributed by atoms with Crippen LogP contribution in [0.15, 0.2) is 42.6 Å². The molecule has 1 aliphatic rings. The highest BCUT2D eigenvalue weighted by molar-refractivity contribution is 5.71. The van der Waals surface area contributed by atoms with Gasteiger partial charge in [-0.05, 0) is 11.0 Å². The van der Waals surface area contributed by atoms with E-state index in [1.165, 1.54) is 0 Å². The molecule has 1 fully saturated rings. The van der Waals surface area contributed by atoms with Crippen LogP contribution in [0.1, 0.15) is 32.4 Å². The van der Waals surface area contributed by atoms with E-state index in [-0.39, 0.29) is 17.6 Å².